The number of ether oxygens (including phenoxy) is 2. The molecule has 4 rings (SSSR count). The summed E-state index contributed by atoms with van der Waals surface area (Å²) in [4.78, 5) is 79.8. The number of sulfonamides is 1. The fourth-order valence-electron chi connectivity index (χ4n) is 7.57. The number of hydrogen-bond donors (Lipinski definition) is 7. The van der Waals surface area contributed by atoms with Crippen LogP contribution in [0.25, 0.3) is 0 Å². The molecule has 0 aromatic heterocycles. The minimum Gasteiger partial charge on any atom is -0.487 e. The molecular formula is C39H57N7O11S. The predicted octanol–water partition coefficient (Wildman–Crippen LogP) is 0.929. The first-order chi connectivity index (χ1) is 26.9. The lowest BCUT2D eigenvalue weighted by molar-refractivity contribution is -0.158. The van der Waals surface area contributed by atoms with Crippen molar-refractivity contribution in [2.24, 2.45) is 28.5 Å². The summed E-state index contributed by atoms with van der Waals surface area (Å²) in [5.74, 6) is -4.70. The van der Waals surface area contributed by atoms with E-state index < -0.39 is 88.4 Å². The molecule has 58 heavy (non-hydrogen) atoms. The number of nitrogens with zero attached hydrogens (tertiary/aromatic N) is 1. The molecule has 8 N–H and O–H groups in total. The van der Waals surface area contributed by atoms with Crippen molar-refractivity contribution in [2.45, 2.75) is 122 Å². The second kappa shape index (κ2) is 18.2. The monoisotopic (exact) mass is 831 g/mol. The number of rotatable bonds is 17. The summed E-state index contributed by atoms with van der Waals surface area (Å²) in [5, 5.41) is 19.2. The zero-order valence-corrected chi connectivity index (χ0v) is 35.2. The van der Waals surface area contributed by atoms with E-state index in [4.69, 9.17) is 15.2 Å². The van der Waals surface area contributed by atoms with E-state index in [0.29, 0.717) is 35.6 Å². The van der Waals surface area contributed by atoms with Gasteiger partial charge in [-0.1, -0.05) is 12.2 Å². The first kappa shape index (κ1) is 45.5. The van der Waals surface area contributed by atoms with Crippen molar-refractivity contribution in [3.63, 3.8) is 0 Å². The number of nitrogens with two attached hydrogens (primary N) is 1. The number of guanidine groups is 1. The van der Waals surface area contributed by atoms with E-state index in [2.05, 4.69) is 37.1 Å². The Morgan fingerprint density at radius 3 is 2.19 bits per heavy atom. The van der Waals surface area contributed by atoms with Gasteiger partial charge in [0, 0.05) is 30.0 Å². The van der Waals surface area contributed by atoms with Gasteiger partial charge in [0.15, 0.2) is 0 Å². The molecule has 0 radical (unpaired) electrons. The van der Waals surface area contributed by atoms with Crippen LogP contribution < -0.4 is 36.5 Å². The molecule has 1 heterocycles. The zero-order valence-electron chi connectivity index (χ0n) is 34.4. The van der Waals surface area contributed by atoms with Gasteiger partial charge in [0.1, 0.15) is 29.0 Å². The van der Waals surface area contributed by atoms with Gasteiger partial charge in [0.25, 0.3) is 10.0 Å². The highest BCUT2D eigenvalue weighted by molar-refractivity contribution is 7.90. The van der Waals surface area contributed by atoms with Crippen LogP contribution >= 0.6 is 0 Å². The molecule has 18 nitrogen and oxygen atoms in total. The van der Waals surface area contributed by atoms with Gasteiger partial charge in [0.05, 0.1) is 24.4 Å². The Kier molecular flexibility index (Phi) is 14.2. The molecule has 5 unspecified atom stereocenters. The molecule has 320 valence electrons. The van der Waals surface area contributed by atoms with Gasteiger partial charge in [0.2, 0.25) is 29.6 Å². The van der Waals surface area contributed by atoms with Crippen LogP contribution in [0.2, 0.25) is 0 Å². The molecule has 5 atom stereocenters. The summed E-state index contributed by atoms with van der Waals surface area (Å²) < 4.78 is 40.7. The standard InChI is InChI=1S/C39H57N7O11S/c1-20-21(2)33(22(3)32-26(20)17-39(7,8)57-32)58(54,55)46-37(40)41-13-9-10-27(44-29(47)18-42-34(50)25-15-23-11-12-24(25)14-23)35(51)43-19-30(48)45-28(36(52)53)16-31(49)56-38(4,5)6/h11-12,23-25,27-28H,9-10,13-19H2,1-8H3,(H,42,50)(H,43,51)(H,44,47)(H,45,48)(H,52,53)(H3,40,41,46). The number of carboxylic acid groups (broad SMARTS) is 1. The molecular weight excluding hydrogens is 775 g/mol. The van der Waals surface area contributed by atoms with Gasteiger partial charge in [-0.2, -0.15) is 0 Å². The lowest BCUT2D eigenvalue weighted by Gasteiger charge is -2.22. The number of carboxylic acids is 1. The Balaban J connectivity index is 1.38. The van der Waals surface area contributed by atoms with E-state index in [1.807, 2.05) is 26.8 Å². The molecule has 19 heteroatoms. The number of allylic oxidation sites excluding steroid dienone is 2. The molecule has 2 aliphatic carbocycles. The van der Waals surface area contributed by atoms with Gasteiger partial charge < -0.3 is 41.6 Å². The van der Waals surface area contributed by atoms with E-state index in [0.717, 1.165) is 17.5 Å². The van der Waals surface area contributed by atoms with E-state index in [-0.39, 0.29) is 42.0 Å². The molecule has 0 spiro atoms. The summed E-state index contributed by atoms with van der Waals surface area (Å²) in [6, 6.07) is -2.89. The van der Waals surface area contributed by atoms with E-state index >= 15 is 0 Å². The van der Waals surface area contributed by atoms with Crippen LogP contribution in [-0.2, 0) is 49.9 Å². The van der Waals surface area contributed by atoms with Crippen LogP contribution in [-0.4, -0.2) is 98.0 Å². The SMILES string of the molecule is Cc1c(C)c(S(=O)(=O)NC(N)=NCCCC(NC(=O)CNC(=O)C2CC3C=CC2C3)C(=O)NCC(=O)NC(CC(=O)OC(C)(C)C)C(=O)O)c(C)c2c1CC(C)(C)O2. The zero-order chi connectivity index (χ0) is 43.3. The van der Waals surface area contributed by atoms with Gasteiger partial charge in [-0.3, -0.25) is 29.0 Å². The predicted molar refractivity (Wildman–Crippen MR) is 212 cm³/mol. The number of hydrogen-bond acceptors (Lipinski definition) is 11. The average molecular weight is 832 g/mol. The fraction of sp³-hybridized carbons (Fsp3) is 0.615. The maximum Gasteiger partial charge on any atom is 0.326 e. The van der Waals surface area contributed by atoms with Gasteiger partial charge >= 0.3 is 11.9 Å². The normalized spacial score (nSPS) is 20.3. The Morgan fingerprint density at radius 2 is 1.60 bits per heavy atom. The quantitative estimate of drug-likeness (QED) is 0.0380. The molecule has 0 saturated heterocycles. The van der Waals surface area contributed by atoms with Crippen LogP contribution in [0.3, 0.4) is 0 Å². The van der Waals surface area contributed by atoms with E-state index in [1.54, 1.807) is 34.6 Å². The molecule has 1 aromatic carbocycles. The Labute approximate surface area is 339 Å². The number of amides is 4. The number of carbonyl (C=O) groups is 6. The van der Waals surface area contributed by atoms with Crippen LogP contribution in [0, 0.1) is 38.5 Å². The molecule has 3 aliphatic rings. The van der Waals surface area contributed by atoms with E-state index in [9.17, 15) is 42.3 Å². The number of nitrogens with one attached hydrogen (secondary N) is 5. The summed E-state index contributed by atoms with van der Waals surface area (Å²) in [6.45, 7) is 12.7. The largest absolute Gasteiger partial charge is 0.487 e. The second-order valence-electron chi connectivity index (χ2n) is 16.8. The minimum absolute atomic E-state index is 0.0339. The molecule has 1 aromatic rings. The van der Waals surface area contributed by atoms with Crippen LogP contribution in [0.4, 0.5) is 0 Å². The van der Waals surface area contributed by atoms with Crippen LogP contribution in [0.1, 0.15) is 89.0 Å². The Morgan fingerprint density at radius 1 is 0.966 bits per heavy atom. The van der Waals surface area contributed by atoms with Gasteiger partial charge in [-0.05, 0) is 104 Å². The number of aliphatic carboxylic acids is 1. The summed E-state index contributed by atoms with van der Waals surface area (Å²) in [6.07, 6.45) is 5.71. The molecule has 1 fully saturated rings. The number of benzene rings is 1. The topological polar surface area (TPSA) is 274 Å². The van der Waals surface area contributed by atoms with E-state index in [1.165, 1.54) is 0 Å². The molecule has 2 bridgehead atoms. The third-order valence-electron chi connectivity index (χ3n) is 10.3. The van der Waals surface area contributed by atoms with Crippen molar-refractivity contribution in [1.82, 2.24) is 26.0 Å². The average Bonchev–Trinajstić information content (AvgIpc) is 3.83. The van der Waals surface area contributed by atoms with Gasteiger partial charge in [-0.15, -0.1) is 0 Å². The highest BCUT2D eigenvalue weighted by atomic mass is 32.2. The molecule has 1 saturated carbocycles. The maximum absolute atomic E-state index is 13.6. The van der Waals surface area contributed by atoms with Crippen LogP contribution in [0.5, 0.6) is 5.75 Å². The highest BCUT2D eigenvalue weighted by Gasteiger charge is 2.40. The van der Waals surface area contributed by atoms with Crippen molar-refractivity contribution < 1.29 is 51.8 Å². The highest BCUT2D eigenvalue weighted by Crippen LogP contribution is 2.44. The first-order valence-corrected chi connectivity index (χ1v) is 20.8. The third kappa shape index (κ3) is 11.9. The molecule has 4 amide bonds. The van der Waals surface area contributed by atoms with Crippen molar-refractivity contribution in [3.8, 4) is 5.75 Å². The smallest absolute Gasteiger partial charge is 0.326 e. The Hall–Kier alpha value is -5.20. The summed E-state index contributed by atoms with van der Waals surface area (Å²) >= 11 is 0. The fourth-order valence-corrected chi connectivity index (χ4v) is 9.06. The third-order valence-corrected chi connectivity index (χ3v) is 11.9. The van der Waals surface area contributed by atoms with Crippen molar-refractivity contribution in [2.75, 3.05) is 19.6 Å². The number of carbonyl (C=O) groups excluding carboxylic acids is 5. The van der Waals surface area contributed by atoms with Crippen molar-refractivity contribution in [3.05, 3.63) is 34.4 Å². The summed E-state index contributed by atoms with van der Waals surface area (Å²) in [5.41, 5.74) is 7.40. The van der Waals surface area contributed by atoms with Crippen LogP contribution in [0.15, 0.2) is 22.0 Å². The Bertz CT molecular complexity index is 1990. The number of esters is 1. The van der Waals surface area contributed by atoms with Crippen molar-refractivity contribution in [1.29, 1.82) is 0 Å². The van der Waals surface area contributed by atoms with Crippen molar-refractivity contribution >= 4 is 51.6 Å². The maximum atomic E-state index is 13.6. The lowest BCUT2D eigenvalue weighted by Crippen LogP contribution is -2.52. The number of aliphatic imine (C=N–C) groups is 1. The summed E-state index contributed by atoms with van der Waals surface area (Å²) in [7, 11) is -4.20. The number of fused-ring (bicyclic) bond motifs is 3. The van der Waals surface area contributed by atoms with Gasteiger partial charge in [-0.25, -0.2) is 17.9 Å². The minimum atomic E-state index is -4.20. The molecule has 1 aliphatic heterocycles. The second-order valence-corrected chi connectivity index (χ2v) is 18.4. The first-order valence-electron chi connectivity index (χ1n) is 19.3. The lowest BCUT2D eigenvalue weighted by atomic mass is 9.93.